The summed E-state index contributed by atoms with van der Waals surface area (Å²) in [4.78, 5) is 35.3. The molecule has 4 rings (SSSR count). The van der Waals surface area contributed by atoms with Crippen LogP contribution >= 0.6 is 0 Å². The van der Waals surface area contributed by atoms with Crippen LogP contribution < -0.4 is 21.8 Å². The molecule has 6 nitrogen and oxygen atoms in total. The predicted octanol–water partition coefficient (Wildman–Crippen LogP) is 2.26. The molecule has 6 heteroatoms. The van der Waals surface area contributed by atoms with Crippen LogP contribution in [-0.2, 0) is 12.0 Å². The van der Waals surface area contributed by atoms with Crippen LogP contribution in [0.1, 0.15) is 43.3 Å². The van der Waals surface area contributed by atoms with Crippen LogP contribution in [0.5, 0.6) is 0 Å². The van der Waals surface area contributed by atoms with E-state index in [1.54, 1.807) is 18.5 Å². The summed E-state index contributed by atoms with van der Waals surface area (Å²) in [6.07, 6.45) is 5.08. The van der Waals surface area contributed by atoms with Gasteiger partial charge in [0.2, 0.25) is 0 Å². The van der Waals surface area contributed by atoms with Gasteiger partial charge in [-0.3, -0.25) is 9.59 Å². The van der Waals surface area contributed by atoms with Gasteiger partial charge in [0.05, 0.1) is 17.7 Å². The molecule has 2 aromatic heterocycles. The molecule has 0 saturated carbocycles. The van der Waals surface area contributed by atoms with Gasteiger partial charge in [-0.05, 0) is 23.3 Å². The van der Waals surface area contributed by atoms with Crippen molar-refractivity contribution >= 4 is 12.2 Å². The molecule has 0 amide bonds. The van der Waals surface area contributed by atoms with Crippen LogP contribution in [0.15, 0.2) is 76.6 Å². The van der Waals surface area contributed by atoms with Crippen molar-refractivity contribution < 1.29 is 0 Å². The van der Waals surface area contributed by atoms with E-state index in [-0.39, 0.29) is 27.2 Å². The minimum atomic E-state index is -0.371. The van der Waals surface area contributed by atoms with Gasteiger partial charge in [0, 0.05) is 12.0 Å². The van der Waals surface area contributed by atoms with Gasteiger partial charge in [0.15, 0.2) is 0 Å². The SMILES string of the molecule is CC(C)(C)c1c(C=c2[nH]c(=O)c(=Cc3ccccc3)[nH]c2=O)ncn1Cc1ccccc1. The Labute approximate surface area is 185 Å². The second-order valence-corrected chi connectivity index (χ2v) is 8.78. The Hall–Kier alpha value is -3.93. The minimum absolute atomic E-state index is 0.177. The number of hydrogen-bond acceptors (Lipinski definition) is 3. The summed E-state index contributed by atoms with van der Waals surface area (Å²) in [5.74, 6) is 0. The fraction of sp³-hybridized carbons (Fsp3) is 0.192. The van der Waals surface area contributed by atoms with Gasteiger partial charge in [0.25, 0.3) is 11.1 Å². The van der Waals surface area contributed by atoms with Gasteiger partial charge in [-0.2, -0.15) is 0 Å². The third-order valence-electron chi connectivity index (χ3n) is 5.15. The summed E-state index contributed by atoms with van der Waals surface area (Å²) in [7, 11) is 0. The molecule has 0 fully saturated rings. The largest absolute Gasteiger partial charge is 0.329 e. The molecule has 0 unspecified atom stereocenters. The van der Waals surface area contributed by atoms with Gasteiger partial charge in [-0.15, -0.1) is 0 Å². The summed E-state index contributed by atoms with van der Waals surface area (Å²) in [6, 6.07) is 19.5. The fourth-order valence-electron chi connectivity index (χ4n) is 3.77. The topological polar surface area (TPSA) is 83.5 Å². The maximum Gasteiger partial charge on any atom is 0.272 e. The number of H-pyrrole nitrogens is 2. The van der Waals surface area contributed by atoms with Crippen molar-refractivity contribution in [1.82, 2.24) is 19.5 Å². The zero-order valence-electron chi connectivity index (χ0n) is 18.4. The van der Waals surface area contributed by atoms with Gasteiger partial charge < -0.3 is 14.5 Å². The van der Waals surface area contributed by atoms with Crippen molar-refractivity contribution in [3.63, 3.8) is 0 Å². The minimum Gasteiger partial charge on any atom is -0.329 e. The third kappa shape index (κ3) is 4.70. The van der Waals surface area contributed by atoms with E-state index in [2.05, 4.69) is 52.4 Å². The lowest BCUT2D eigenvalue weighted by atomic mass is 9.90. The van der Waals surface area contributed by atoms with E-state index in [9.17, 15) is 9.59 Å². The average molecular weight is 427 g/mol. The summed E-state index contributed by atoms with van der Waals surface area (Å²) in [5, 5.41) is 0.389. The number of nitrogens with one attached hydrogen (secondary N) is 2. The lowest BCUT2D eigenvalue weighted by molar-refractivity contribution is 0.530. The molecule has 0 radical (unpaired) electrons. The zero-order valence-corrected chi connectivity index (χ0v) is 18.4. The first-order valence-corrected chi connectivity index (χ1v) is 10.5. The second-order valence-electron chi connectivity index (χ2n) is 8.78. The van der Waals surface area contributed by atoms with Crippen LogP contribution in [0.4, 0.5) is 0 Å². The Morgan fingerprint density at radius 1 is 0.844 bits per heavy atom. The monoisotopic (exact) mass is 426 g/mol. The maximum absolute atomic E-state index is 12.7. The number of aromatic amines is 2. The van der Waals surface area contributed by atoms with Crippen molar-refractivity contribution in [3.8, 4) is 0 Å². The highest BCUT2D eigenvalue weighted by molar-refractivity contribution is 5.50. The lowest BCUT2D eigenvalue weighted by Crippen LogP contribution is -2.46. The summed E-state index contributed by atoms with van der Waals surface area (Å²) >= 11 is 0. The molecular formula is C26H26N4O2. The normalized spacial score (nSPS) is 13.0. The number of nitrogens with zero attached hydrogens (tertiary/aromatic N) is 2. The standard InChI is InChI=1S/C26H26N4O2/c1-26(2,3)23-20(27-17-30(23)16-19-12-8-5-9-13-19)15-22-25(32)28-21(24(31)29-22)14-18-10-6-4-7-11-18/h4-15,17H,16H2,1-3H3,(H,28,32)(H,29,31). The average Bonchev–Trinajstić information content (AvgIpc) is 3.15. The molecule has 0 atom stereocenters. The third-order valence-corrected chi connectivity index (χ3v) is 5.15. The van der Waals surface area contributed by atoms with E-state index in [0.717, 1.165) is 16.8 Å². The van der Waals surface area contributed by atoms with Crippen LogP contribution in [0.25, 0.3) is 12.2 Å². The van der Waals surface area contributed by atoms with Crippen molar-refractivity contribution in [2.45, 2.75) is 32.7 Å². The van der Waals surface area contributed by atoms with Crippen LogP contribution in [0.2, 0.25) is 0 Å². The van der Waals surface area contributed by atoms with Gasteiger partial charge in [-0.25, -0.2) is 4.98 Å². The fourth-order valence-corrected chi connectivity index (χ4v) is 3.77. The zero-order chi connectivity index (χ0) is 22.7. The Morgan fingerprint density at radius 2 is 1.41 bits per heavy atom. The number of imidazole rings is 1. The highest BCUT2D eigenvalue weighted by Gasteiger charge is 2.23. The number of aromatic nitrogens is 4. The Morgan fingerprint density at radius 3 is 2.00 bits per heavy atom. The first kappa shape index (κ1) is 21.3. The van der Waals surface area contributed by atoms with Crippen molar-refractivity contribution in [2.75, 3.05) is 0 Å². The van der Waals surface area contributed by atoms with E-state index in [1.165, 1.54) is 0 Å². The Kier molecular flexibility index (Phi) is 5.77. The molecule has 0 aliphatic carbocycles. The van der Waals surface area contributed by atoms with Gasteiger partial charge in [0.1, 0.15) is 10.7 Å². The van der Waals surface area contributed by atoms with E-state index in [1.807, 2.05) is 48.5 Å². The summed E-state index contributed by atoms with van der Waals surface area (Å²) in [5.41, 5.74) is 2.69. The first-order valence-electron chi connectivity index (χ1n) is 10.5. The van der Waals surface area contributed by atoms with Crippen molar-refractivity contribution in [1.29, 1.82) is 0 Å². The number of rotatable bonds is 4. The molecule has 4 aromatic rings. The molecule has 2 N–H and O–H groups in total. The van der Waals surface area contributed by atoms with Gasteiger partial charge >= 0.3 is 0 Å². The Bertz CT molecular complexity index is 1450. The molecule has 2 aromatic carbocycles. The van der Waals surface area contributed by atoms with E-state index in [0.29, 0.717) is 12.2 Å². The first-order chi connectivity index (χ1) is 15.3. The maximum atomic E-state index is 12.7. The number of benzene rings is 2. The highest BCUT2D eigenvalue weighted by Crippen LogP contribution is 2.26. The molecule has 32 heavy (non-hydrogen) atoms. The molecule has 0 spiro atoms. The van der Waals surface area contributed by atoms with Crippen molar-refractivity contribution in [3.05, 3.63) is 121 Å². The van der Waals surface area contributed by atoms with Crippen LogP contribution in [-0.4, -0.2) is 19.5 Å². The molecule has 2 heterocycles. The van der Waals surface area contributed by atoms with E-state index >= 15 is 0 Å². The van der Waals surface area contributed by atoms with Crippen LogP contribution in [0, 0.1) is 0 Å². The second kappa shape index (κ2) is 8.67. The smallest absolute Gasteiger partial charge is 0.272 e. The molecule has 0 bridgehead atoms. The van der Waals surface area contributed by atoms with Gasteiger partial charge in [-0.1, -0.05) is 81.4 Å². The summed E-state index contributed by atoms with van der Waals surface area (Å²) in [6.45, 7) is 6.99. The molecule has 162 valence electrons. The molecule has 0 aliphatic rings. The molecule has 0 aliphatic heterocycles. The highest BCUT2D eigenvalue weighted by atomic mass is 16.1. The summed E-state index contributed by atoms with van der Waals surface area (Å²) < 4.78 is 2.09. The van der Waals surface area contributed by atoms with E-state index < -0.39 is 0 Å². The van der Waals surface area contributed by atoms with Crippen molar-refractivity contribution in [2.24, 2.45) is 0 Å². The molecule has 0 saturated heterocycles. The quantitative estimate of drug-likeness (QED) is 0.525. The predicted molar refractivity (Wildman–Crippen MR) is 127 cm³/mol. The molecular weight excluding hydrogens is 400 g/mol. The number of hydrogen-bond donors (Lipinski definition) is 2. The Balaban J connectivity index is 1.81. The lowest BCUT2D eigenvalue weighted by Gasteiger charge is -2.22. The van der Waals surface area contributed by atoms with E-state index in [4.69, 9.17) is 0 Å². The van der Waals surface area contributed by atoms with Crippen LogP contribution in [0.3, 0.4) is 0 Å².